The van der Waals surface area contributed by atoms with Crippen LogP contribution in [0.3, 0.4) is 0 Å². The molecule has 0 aromatic heterocycles. The molecule has 0 fully saturated rings. The highest BCUT2D eigenvalue weighted by molar-refractivity contribution is 6.55. The topological polar surface area (TPSA) is 74.2 Å². The molecule has 6 nitrogen and oxygen atoms in total. The molecule has 0 saturated heterocycles. The Balaban J connectivity index is 2.58. The number of rotatable bonds is 2. The van der Waals surface area contributed by atoms with Crippen LogP contribution >= 0.6 is 0 Å². The molecule has 0 amide bonds. The number of oxime groups is 1. The molecule has 0 radical (unpaired) electrons. The maximum absolute atomic E-state index is 11.7. The molecule has 1 aromatic rings. The molecule has 2 rings (SSSR count). The number of hydrogen-bond acceptors (Lipinski definition) is 6. The molecule has 20 heavy (non-hydrogen) atoms. The largest absolute Gasteiger partial charge is 0.466 e. The third-order valence-corrected chi connectivity index (χ3v) is 2.76. The first-order chi connectivity index (χ1) is 9.56. The fourth-order valence-corrected chi connectivity index (χ4v) is 1.77. The smallest absolute Gasteiger partial charge is 0.360 e. The predicted octanol–water partition coefficient (Wildman–Crippen LogP) is 1.47. The van der Waals surface area contributed by atoms with E-state index in [2.05, 4.69) is 14.6 Å². The second kappa shape index (κ2) is 5.56. The maximum atomic E-state index is 11.7. The van der Waals surface area contributed by atoms with Crippen molar-refractivity contribution in [3.8, 4) is 5.75 Å². The van der Waals surface area contributed by atoms with Gasteiger partial charge >= 0.3 is 11.9 Å². The van der Waals surface area contributed by atoms with Gasteiger partial charge in [0.25, 0.3) is 0 Å². The summed E-state index contributed by atoms with van der Waals surface area (Å²) in [5.74, 6) is -0.823. The summed E-state index contributed by atoms with van der Waals surface area (Å²) in [5.41, 5.74) is 1.78. The number of esters is 2. The molecule has 0 saturated carbocycles. The van der Waals surface area contributed by atoms with Gasteiger partial charge in [0.2, 0.25) is 0 Å². The highest BCUT2D eigenvalue weighted by atomic mass is 16.6. The first-order valence-corrected chi connectivity index (χ1v) is 5.81. The summed E-state index contributed by atoms with van der Waals surface area (Å²) in [6, 6.07) is 5.35. The second-order valence-corrected chi connectivity index (χ2v) is 4.10. The molecule has 6 heteroatoms. The highest BCUT2D eigenvalue weighted by Crippen LogP contribution is 2.32. The number of benzene rings is 1. The monoisotopic (exact) mass is 275 g/mol. The van der Waals surface area contributed by atoms with Gasteiger partial charge in [0.05, 0.1) is 14.2 Å². The van der Waals surface area contributed by atoms with Gasteiger partial charge in [-0.3, -0.25) is 0 Å². The fourth-order valence-electron chi connectivity index (χ4n) is 1.77. The van der Waals surface area contributed by atoms with Crippen molar-refractivity contribution in [2.24, 2.45) is 5.16 Å². The average molecular weight is 275 g/mol. The Morgan fingerprint density at radius 3 is 2.65 bits per heavy atom. The fraction of sp³-hybridized carbons (Fsp3) is 0.214. The van der Waals surface area contributed by atoms with Crippen molar-refractivity contribution in [2.45, 2.75) is 6.92 Å². The van der Waals surface area contributed by atoms with Crippen molar-refractivity contribution in [2.75, 3.05) is 14.2 Å². The number of nitrogens with zero attached hydrogens (tertiary/aromatic N) is 1. The molecule has 0 N–H and O–H groups in total. The molecule has 104 valence electrons. The van der Waals surface area contributed by atoms with Gasteiger partial charge in [-0.2, -0.15) is 0 Å². The SMILES string of the molecule is COC(=O)/C=C1/C(C(=O)OC)=NOc2ccc(C)cc21. The predicted molar refractivity (Wildman–Crippen MR) is 71.3 cm³/mol. The number of fused-ring (bicyclic) bond motifs is 1. The van der Waals surface area contributed by atoms with Gasteiger partial charge in [0.15, 0.2) is 11.5 Å². The van der Waals surface area contributed by atoms with Gasteiger partial charge in [0.1, 0.15) is 0 Å². The second-order valence-electron chi connectivity index (χ2n) is 4.10. The summed E-state index contributed by atoms with van der Waals surface area (Å²) in [4.78, 5) is 28.4. The number of carbonyl (C=O) groups is 2. The molecule has 1 aromatic carbocycles. The first kappa shape index (κ1) is 13.8. The molecule has 0 spiro atoms. The number of ether oxygens (including phenoxy) is 2. The van der Waals surface area contributed by atoms with Crippen molar-refractivity contribution in [3.63, 3.8) is 0 Å². The van der Waals surface area contributed by atoms with Crippen LogP contribution in [0.5, 0.6) is 5.75 Å². The van der Waals surface area contributed by atoms with Gasteiger partial charge in [0, 0.05) is 17.2 Å². The molecule has 0 aliphatic carbocycles. The van der Waals surface area contributed by atoms with Crippen LogP contribution in [0.25, 0.3) is 5.57 Å². The molecule has 0 atom stereocenters. The van der Waals surface area contributed by atoms with Crippen LogP contribution in [0.4, 0.5) is 0 Å². The molecular formula is C14H13NO5. The Morgan fingerprint density at radius 2 is 2.00 bits per heavy atom. The molecule has 1 aliphatic heterocycles. The zero-order valence-corrected chi connectivity index (χ0v) is 11.3. The van der Waals surface area contributed by atoms with E-state index in [9.17, 15) is 9.59 Å². The van der Waals surface area contributed by atoms with Crippen molar-refractivity contribution in [1.82, 2.24) is 0 Å². The van der Waals surface area contributed by atoms with Crippen molar-refractivity contribution >= 4 is 23.2 Å². The van der Waals surface area contributed by atoms with Crippen molar-refractivity contribution in [3.05, 3.63) is 35.4 Å². The summed E-state index contributed by atoms with van der Waals surface area (Å²) in [6.45, 7) is 1.89. The molecular weight excluding hydrogens is 262 g/mol. The van der Waals surface area contributed by atoms with E-state index < -0.39 is 11.9 Å². The third kappa shape index (κ3) is 2.54. The van der Waals surface area contributed by atoms with E-state index in [-0.39, 0.29) is 5.71 Å². The lowest BCUT2D eigenvalue weighted by molar-refractivity contribution is -0.134. The Labute approximate surface area is 115 Å². The van der Waals surface area contributed by atoms with E-state index in [1.54, 1.807) is 12.1 Å². The standard InChI is InChI=1S/C14H13NO5/c1-8-4-5-11-9(6-8)10(7-12(16)18-2)13(15-20-11)14(17)19-3/h4-7H,1-3H3/b10-7+. The number of carbonyl (C=O) groups excluding carboxylic acids is 2. The lowest BCUT2D eigenvalue weighted by atomic mass is 9.97. The maximum Gasteiger partial charge on any atom is 0.360 e. The van der Waals surface area contributed by atoms with Crippen LogP contribution in [0.1, 0.15) is 11.1 Å². The molecule has 1 aliphatic rings. The zero-order chi connectivity index (χ0) is 14.7. The summed E-state index contributed by atoms with van der Waals surface area (Å²) < 4.78 is 9.23. The van der Waals surface area contributed by atoms with Crippen molar-refractivity contribution < 1.29 is 23.9 Å². The summed E-state index contributed by atoms with van der Waals surface area (Å²) >= 11 is 0. The van der Waals surface area contributed by atoms with E-state index in [4.69, 9.17) is 4.84 Å². The number of aryl methyl sites for hydroxylation is 1. The Morgan fingerprint density at radius 1 is 1.25 bits per heavy atom. The van der Waals surface area contributed by atoms with Crippen molar-refractivity contribution in [1.29, 1.82) is 0 Å². The number of hydrogen-bond donors (Lipinski definition) is 0. The Bertz CT molecular complexity index is 630. The molecule has 1 heterocycles. The van der Waals surface area contributed by atoms with E-state index in [1.165, 1.54) is 20.3 Å². The Hall–Kier alpha value is -2.63. The van der Waals surface area contributed by atoms with Crippen LogP contribution < -0.4 is 4.84 Å². The van der Waals surface area contributed by atoms with E-state index in [1.807, 2.05) is 13.0 Å². The zero-order valence-electron chi connectivity index (χ0n) is 11.3. The van der Waals surface area contributed by atoms with Gasteiger partial charge in [-0.05, 0) is 19.1 Å². The van der Waals surface area contributed by atoms with Crippen LogP contribution in [0.15, 0.2) is 29.4 Å². The lowest BCUT2D eigenvalue weighted by Crippen LogP contribution is -2.22. The summed E-state index contributed by atoms with van der Waals surface area (Å²) in [5, 5.41) is 3.71. The lowest BCUT2D eigenvalue weighted by Gasteiger charge is -2.17. The van der Waals surface area contributed by atoms with E-state index in [0.717, 1.165) is 5.56 Å². The van der Waals surface area contributed by atoms with Gasteiger partial charge in [-0.1, -0.05) is 16.8 Å². The van der Waals surface area contributed by atoms with Crippen LogP contribution in [-0.4, -0.2) is 31.9 Å². The van der Waals surface area contributed by atoms with Gasteiger partial charge < -0.3 is 14.3 Å². The quantitative estimate of drug-likeness (QED) is 0.603. The molecule has 0 unspecified atom stereocenters. The molecule has 0 bridgehead atoms. The average Bonchev–Trinajstić information content (AvgIpc) is 2.46. The minimum Gasteiger partial charge on any atom is -0.466 e. The van der Waals surface area contributed by atoms with Crippen LogP contribution in [0, 0.1) is 6.92 Å². The summed E-state index contributed by atoms with van der Waals surface area (Å²) in [6.07, 6.45) is 1.19. The van der Waals surface area contributed by atoms with Crippen LogP contribution in [0.2, 0.25) is 0 Å². The first-order valence-electron chi connectivity index (χ1n) is 5.81. The van der Waals surface area contributed by atoms with E-state index >= 15 is 0 Å². The van der Waals surface area contributed by atoms with Gasteiger partial charge in [-0.15, -0.1) is 0 Å². The minimum absolute atomic E-state index is 0.0731. The summed E-state index contributed by atoms with van der Waals surface area (Å²) in [7, 11) is 2.48. The van der Waals surface area contributed by atoms with Gasteiger partial charge in [-0.25, -0.2) is 9.59 Å². The van der Waals surface area contributed by atoms with E-state index in [0.29, 0.717) is 16.9 Å². The number of methoxy groups -OCH3 is 2. The minimum atomic E-state index is -0.688. The Kier molecular flexibility index (Phi) is 3.84. The normalized spacial score (nSPS) is 14.9. The van der Waals surface area contributed by atoms with Crippen LogP contribution in [-0.2, 0) is 19.1 Å². The third-order valence-electron chi connectivity index (χ3n) is 2.76. The highest BCUT2D eigenvalue weighted by Gasteiger charge is 2.27.